The number of nitrogens with one attached hydrogen (secondary N) is 1. The number of aromatic nitrogens is 1. The normalized spacial score (nSPS) is 10.4. The molecule has 1 aromatic rings. The summed E-state index contributed by atoms with van der Waals surface area (Å²) in [5, 5.41) is 11.4. The van der Waals surface area contributed by atoms with Crippen molar-refractivity contribution in [2.45, 2.75) is 6.92 Å². The number of carboxylic acids is 1. The molecule has 0 saturated heterocycles. The van der Waals surface area contributed by atoms with Gasteiger partial charge in [0.25, 0.3) is 5.91 Å². The second-order valence-corrected chi connectivity index (χ2v) is 3.89. The van der Waals surface area contributed by atoms with E-state index in [1.165, 1.54) is 18.3 Å². The predicted molar refractivity (Wildman–Crippen MR) is 66.7 cm³/mol. The van der Waals surface area contributed by atoms with Crippen LogP contribution in [0.1, 0.15) is 27.8 Å². The Morgan fingerprint density at radius 1 is 1.44 bits per heavy atom. The standard InChI is InChI=1S/C12H17N3O3/c1-3-15(2)7-6-13-11(16)9-4-5-10(12(17)18)14-8-9/h4-5,8H,3,6-7H2,1-2H3,(H,13,16)(H,17,18). The molecule has 0 bridgehead atoms. The van der Waals surface area contributed by atoms with Crippen LogP contribution in [0, 0.1) is 0 Å². The monoisotopic (exact) mass is 251 g/mol. The van der Waals surface area contributed by atoms with Gasteiger partial charge >= 0.3 is 5.97 Å². The zero-order chi connectivity index (χ0) is 13.5. The van der Waals surface area contributed by atoms with Crippen LogP contribution in [0.5, 0.6) is 0 Å². The van der Waals surface area contributed by atoms with Gasteiger partial charge in [-0.15, -0.1) is 0 Å². The highest BCUT2D eigenvalue weighted by molar-refractivity contribution is 5.94. The zero-order valence-corrected chi connectivity index (χ0v) is 10.5. The number of carbonyl (C=O) groups excluding carboxylic acids is 1. The first-order valence-corrected chi connectivity index (χ1v) is 5.70. The topological polar surface area (TPSA) is 82.5 Å². The van der Waals surface area contributed by atoms with E-state index >= 15 is 0 Å². The fourth-order valence-corrected chi connectivity index (χ4v) is 1.28. The Hall–Kier alpha value is -1.95. The van der Waals surface area contributed by atoms with Gasteiger partial charge in [-0.1, -0.05) is 6.92 Å². The second kappa shape index (κ2) is 6.70. The molecule has 18 heavy (non-hydrogen) atoms. The van der Waals surface area contributed by atoms with Crippen molar-refractivity contribution in [2.75, 3.05) is 26.7 Å². The van der Waals surface area contributed by atoms with Crippen LogP contribution >= 0.6 is 0 Å². The van der Waals surface area contributed by atoms with Crippen LogP contribution in [0.2, 0.25) is 0 Å². The predicted octanol–water partition coefficient (Wildman–Crippen LogP) is 0.461. The summed E-state index contributed by atoms with van der Waals surface area (Å²) >= 11 is 0. The molecule has 2 N–H and O–H groups in total. The third-order valence-corrected chi connectivity index (χ3v) is 2.56. The van der Waals surface area contributed by atoms with E-state index in [9.17, 15) is 9.59 Å². The summed E-state index contributed by atoms with van der Waals surface area (Å²) in [6, 6.07) is 2.77. The number of nitrogens with zero attached hydrogens (tertiary/aromatic N) is 2. The Morgan fingerprint density at radius 2 is 2.17 bits per heavy atom. The van der Waals surface area contributed by atoms with Crippen molar-refractivity contribution in [3.63, 3.8) is 0 Å². The second-order valence-electron chi connectivity index (χ2n) is 3.89. The van der Waals surface area contributed by atoms with Gasteiger partial charge in [-0.05, 0) is 25.7 Å². The molecule has 0 unspecified atom stereocenters. The summed E-state index contributed by atoms with van der Waals surface area (Å²) in [5.41, 5.74) is 0.288. The molecule has 0 radical (unpaired) electrons. The molecule has 0 saturated carbocycles. The van der Waals surface area contributed by atoms with E-state index in [0.29, 0.717) is 12.1 Å². The highest BCUT2D eigenvalue weighted by Gasteiger charge is 2.08. The Bertz CT molecular complexity index is 417. The van der Waals surface area contributed by atoms with Gasteiger partial charge in [0.15, 0.2) is 0 Å². The van der Waals surface area contributed by atoms with Gasteiger partial charge in [-0.25, -0.2) is 9.78 Å². The average Bonchev–Trinajstić information content (AvgIpc) is 2.38. The van der Waals surface area contributed by atoms with E-state index < -0.39 is 5.97 Å². The van der Waals surface area contributed by atoms with Crippen molar-refractivity contribution in [1.82, 2.24) is 15.2 Å². The first kappa shape index (κ1) is 14.1. The van der Waals surface area contributed by atoms with Gasteiger partial charge in [0.2, 0.25) is 0 Å². The van der Waals surface area contributed by atoms with Crippen molar-refractivity contribution in [1.29, 1.82) is 0 Å². The summed E-state index contributed by atoms with van der Waals surface area (Å²) in [7, 11) is 1.97. The number of hydrogen-bond donors (Lipinski definition) is 2. The average molecular weight is 251 g/mol. The highest BCUT2D eigenvalue weighted by Crippen LogP contribution is 2.00. The molecule has 6 nitrogen and oxygen atoms in total. The minimum Gasteiger partial charge on any atom is -0.477 e. The van der Waals surface area contributed by atoms with Crippen LogP contribution in [-0.2, 0) is 0 Å². The summed E-state index contributed by atoms with van der Waals surface area (Å²) in [4.78, 5) is 28.0. The van der Waals surface area contributed by atoms with Gasteiger partial charge in [-0.3, -0.25) is 4.79 Å². The first-order chi connectivity index (χ1) is 8.54. The SMILES string of the molecule is CCN(C)CCNC(=O)c1ccc(C(=O)O)nc1. The van der Waals surface area contributed by atoms with Crippen molar-refractivity contribution in [3.8, 4) is 0 Å². The van der Waals surface area contributed by atoms with E-state index in [0.717, 1.165) is 13.1 Å². The molecule has 0 aliphatic rings. The van der Waals surface area contributed by atoms with E-state index in [-0.39, 0.29) is 11.6 Å². The van der Waals surface area contributed by atoms with Crippen LogP contribution in [0.25, 0.3) is 0 Å². The number of amides is 1. The summed E-state index contributed by atoms with van der Waals surface area (Å²) in [6.07, 6.45) is 1.27. The Morgan fingerprint density at radius 3 is 2.67 bits per heavy atom. The van der Waals surface area contributed by atoms with E-state index in [4.69, 9.17) is 5.11 Å². The quantitative estimate of drug-likeness (QED) is 0.767. The van der Waals surface area contributed by atoms with E-state index in [1.807, 2.05) is 14.0 Å². The number of rotatable bonds is 6. The van der Waals surface area contributed by atoms with Crippen LogP contribution in [0.4, 0.5) is 0 Å². The lowest BCUT2D eigenvalue weighted by Crippen LogP contribution is -2.32. The molecule has 0 aromatic carbocycles. The van der Waals surface area contributed by atoms with Gasteiger partial charge in [0, 0.05) is 19.3 Å². The van der Waals surface area contributed by atoms with Gasteiger partial charge in [0.05, 0.1) is 5.56 Å². The van der Waals surface area contributed by atoms with E-state index in [2.05, 4.69) is 15.2 Å². The highest BCUT2D eigenvalue weighted by atomic mass is 16.4. The van der Waals surface area contributed by atoms with Crippen molar-refractivity contribution in [3.05, 3.63) is 29.6 Å². The minimum absolute atomic E-state index is 0.0720. The minimum atomic E-state index is -1.11. The molecule has 0 fully saturated rings. The van der Waals surface area contributed by atoms with Gasteiger partial charge < -0.3 is 15.3 Å². The van der Waals surface area contributed by atoms with Crippen LogP contribution in [0.3, 0.4) is 0 Å². The largest absolute Gasteiger partial charge is 0.477 e. The Balaban J connectivity index is 2.49. The molecule has 0 aliphatic heterocycles. The van der Waals surface area contributed by atoms with Crippen LogP contribution in [-0.4, -0.2) is 53.5 Å². The number of hydrogen-bond acceptors (Lipinski definition) is 4. The molecule has 6 heteroatoms. The third kappa shape index (κ3) is 4.14. The molecule has 1 heterocycles. The maximum absolute atomic E-state index is 11.7. The molecule has 0 spiro atoms. The molecular weight excluding hydrogens is 234 g/mol. The first-order valence-electron chi connectivity index (χ1n) is 5.70. The smallest absolute Gasteiger partial charge is 0.354 e. The number of aromatic carboxylic acids is 1. The lowest BCUT2D eigenvalue weighted by atomic mass is 10.2. The molecule has 1 rings (SSSR count). The molecule has 1 aromatic heterocycles. The number of pyridine rings is 1. The number of likely N-dealkylation sites (N-methyl/N-ethyl adjacent to an activating group) is 1. The molecular formula is C12H17N3O3. The maximum Gasteiger partial charge on any atom is 0.354 e. The Kier molecular flexibility index (Phi) is 5.26. The lowest BCUT2D eigenvalue weighted by molar-refractivity contribution is 0.0689. The molecule has 1 amide bonds. The van der Waals surface area contributed by atoms with Crippen LogP contribution < -0.4 is 5.32 Å². The van der Waals surface area contributed by atoms with Crippen molar-refractivity contribution >= 4 is 11.9 Å². The number of carboxylic acid groups (broad SMARTS) is 1. The van der Waals surface area contributed by atoms with Crippen LogP contribution in [0.15, 0.2) is 18.3 Å². The Labute approximate surface area is 106 Å². The summed E-state index contributed by atoms with van der Waals surface area (Å²) in [5.74, 6) is -1.35. The fraction of sp³-hybridized carbons (Fsp3) is 0.417. The zero-order valence-electron chi connectivity index (χ0n) is 10.5. The van der Waals surface area contributed by atoms with Crippen molar-refractivity contribution in [2.24, 2.45) is 0 Å². The third-order valence-electron chi connectivity index (χ3n) is 2.56. The summed E-state index contributed by atoms with van der Waals surface area (Å²) < 4.78 is 0. The van der Waals surface area contributed by atoms with Gasteiger partial charge in [-0.2, -0.15) is 0 Å². The molecule has 0 atom stereocenters. The van der Waals surface area contributed by atoms with Gasteiger partial charge in [0.1, 0.15) is 5.69 Å². The summed E-state index contributed by atoms with van der Waals surface area (Å²) in [6.45, 7) is 4.27. The molecule has 98 valence electrons. The van der Waals surface area contributed by atoms with E-state index in [1.54, 1.807) is 0 Å². The number of carbonyl (C=O) groups is 2. The van der Waals surface area contributed by atoms with Crippen molar-refractivity contribution < 1.29 is 14.7 Å². The fourth-order valence-electron chi connectivity index (χ4n) is 1.28. The maximum atomic E-state index is 11.7. The lowest BCUT2D eigenvalue weighted by Gasteiger charge is -2.13. The molecule has 0 aliphatic carbocycles.